The van der Waals surface area contributed by atoms with Crippen molar-refractivity contribution < 1.29 is 4.79 Å². The van der Waals surface area contributed by atoms with Crippen molar-refractivity contribution in [3.63, 3.8) is 0 Å². The Morgan fingerprint density at radius 2 is 2.24 bits per heavy atom. The molecule has 21 heavy (non-hydrogen) atoms. The number of hydrogen-bond acceptors (Lipinski definition) is 5. The van der Waals surface area contributed by atoms with Gasteiger partial charge in [0.15, 0.2) is 0 Å². The molecule has 0 atom stereocenters. The number of nitrogens with one attached hydrogen (secondary N) is 1. The average molecular weight is 339 g/mol. The third kappa shape index (κ3) is 2.99. The number of hydrogen-bond donors (Lipinski definition) is 1. The Bertz CT molecular complexity index is 805. The standard InChI is InChI=1S/C13H11ClN4OS2/c1-7-5-11(18(2)17-7)16-12(19)8-6-20-13(15-8)9-3-4-10(14)21-9/h3-6H,1-2H3,(H,16,19). The fraction of sp³-hybridized carbons (Fsp3) is 0.154. The first kappa shape index (κ1) is 14.2. The zero-order chi connectivity index (χ0) is 15.0. The second-order valence-corrected chi connectivity index (χ2v) is 6.96. The van der Waals surface area contributed by atoms with Crippen molar-refractivity contribution in [1.82, 2.24) is 14.8 Å². The van der Waals surface area contributed by atoms with Crippen LogP contribution in [0.4, 0.5) is 5.82 Å². The molecule has 0 aromatic carbocycles. The van der Waals surface area contributed by atoms with Gasteiger partial charge in [-0.15, -0.1) is 22.7 Å². The number of aryl methyl sites for hydroxylation is 2. The molecule has 0 spiro atoms. The molecule has 0 radical (unpaired) electrons. The molecule has 0 aliphatic heterocycles. The van der Waals surface area contributed by atoms with E-state index in [2.05, 4.69) is 15.4 Å². The summed E-state index contributed by atoms with van der Waals surface area (Å²) in [5.74, 6) is 0.398. The fourth-order valence-electron chi connectivity index (χ4n) is 1.83. The van der Waals surface area contributed by atoms with E-state index in [0.29, 0.717) is 15.8 Å². The summed E-state index contributed by atoms with van der Waals surface area (Å²) in [4.78, 5) is 17.5. The summed E-state index contributed by atoms with van der Waals surface area (Å²) in [6, 6.07) is 5.53. The van der Waals surface area contributed by atoms with E-state index in [-0.39, 0.29) is 5.91 Å². The Morgan fingerprint density at radius 1 is 1.43 bits per heavy atom. The van der Waals surface area contributed by atoms with Crippen molar-refractivity contribution in [2.24, 2.45) is 7.05 Å². The van der Waals surface area contributed by atoms with Crippen molar-refractivity contribution in [3.8, 4) is 9.88 Å². The van der Waals surface area contributed by atoms with Gasteiger partial charge in [0, 0.05) is 18.5 Å². The average Bonchev–Trinajstić information content (AvgIpc) is 3.11. The third-order valence-corrected chi connectivity index (χ3v) is 5.01. The lowest BCUT2D eigenvalue weighted by Gasteiger charge is -2.02. The van der Waals surface area contributed by atoms with Gasteiger partial charge in [0.25, 0.3) is 5.91 Å². The van der Waals surface area contributed by atoms with E-state index in [9.17, 15) is 4.79 Å². The van der Waals surface area contributed by atoms with Crippen LogP contribution < -0.4 is 5.32 Å². The molecule has 1 amide bonds. The van der Waals surface area contributed by atoms with Gasteiger partial charge in [-0.1, -0.05) is 11.6 Å². The summed E-state index contributed by atoms with van der Waals surface area (Å²) in [6.45, 7) is 1.87. The topological polar surface area (TPSA) is 59.8 Å². The summed E-state index contributed by atoms with van der Waals surface area (Å²) in [6.07, 6.45) is 0. The number of thiazole rings is 1. The molecule has 0 unspecified atom stereocenters. The van der Waals surface area contributed by atoms with Gasteiger partial charge in [0.05, 0.1) is 14.9 Å². The van der Waals surface area contributed by atoms with Crippen molar-refractivity contribution in [1.29, 1.82) is 0 Å². The molecule has 3 heterocycles. The van der Waals surface area contributed by atoms with E-state index < -0.39 is 0 Å². The first-order chi connectivity index (χ1) is 10.0. The Balaban J connectivity index is 1.80. The lowest BCUT2D eigenvalue weighted by atomic mass is 10.4. The van der Waals surface area contributed by atoms with Crippen LogP contribution in [0.1, 0.15) is 16.2 Å². The largest absolute Gasteiger partial charge is 0.305 e. The van der Waals surface area contributed by atoms with Crippen molar-refractivity contribution in [2.45, 2.75) is 6.92 Å². The molecule has 3 aromatic heterocycles. The van der Waals surface area contributed by atoms with E-state index >= 15 is 0 Å². The lowest BCUT2D eigenvalue weighted by molar-refractivity contribution is 0.102. The number of anilines is 1. The smallest absolute Gasteiger partial charge is 0.276 e. The van der Waals surface area contributed by atoms with Crippen molar-refractivity contribution in [3.05, 3.63) is 39.3 Å². The molecule has 108 valence electrons. The lowest BCUT2D eigenvalue weighted by Crippen LogP contribution is -2.14. The molecule has 5 nitrogen and oxygen atoms in total. The fourth-order valence-corrected chi connectivity index (χ4v) is 3.74. The van der Waals surface area contributed by atoms with Crippen LogP contribution in [0.3, 0.4) is 0 Å². The van der Waals surface area contributed by atoms with Gasteiger partial charge in [-0.3, -0.25) is 9.48 Å². The molecule has 8 heteroatoms. The highest BCUT2D eigenvalue weighted by Crippen LogP contribution is 2.33. The second-order valence-electron chi connectivity index (χ2n) is 4.39. The van der Waals surface area contributed by atoms with Crippen LogP contribution in [0, 0.1) is 6.92 Å². The van der Waals surface area contributed by atoms with Gasteiger partial charge in [-0.05, 0) is 19.1 Å². The molecule has 0 bridgehead atoms. The SMILES string of the molecule is Cc1cc(NC(=O)c2csc(-c3ccc(Cl)s3)n2)n(C)n1. The number of thiophene rings is 1. The Kier molecular flexibility index (Phi) is 3.79. The van der Waals surface area contributed by atoms with Crippen LogP contribution in [0.15, 0.2) is 23.6 Å². The minimum atomic E-state index is -0.247. The highest BCUT2D eigenvalue weighted by atomic mass is 35.5. The molecule has 1 N–H and O–H groups in total. The quantitative estimate of drug-likeness (QED) is 0.789. The van der Waals surface area contributed by atoms with Crippen LogP contribution in [-0.4, -0.2) is 20.7 Å². The number of aromatic nitrogens is 3. The first-order valence-electron chi connectivity index (χ1n) is 6.06. The molecule has 0 saturated heterocycles. The predicted octanol–water partition coefficient (Wildman–Crippen LogP) is 3.82. The minimum absolute atomic E-state index is 0.247. The predicted molar refractivity (Wildman–Crippen MR) is 86.3 cm³/mol. The number of carbonyl (C=O) groups is 1. The highest BCUT2D eigenvalue weighted by molar-refractivity contribution is 7.23. The molecular formula is C13H11ClN4OS2. The Hall–Kier alpha value is -1.70. The summed E-state index contributed by atoms with van der Waals surface area (Å²) in [5, 5.41) is 9.51. The van der Waals surface area contributed by atoms with Crippen LogP contribution >= 0.6 is 34.3 Å². The molecule has 0 aliphatic carbocycles. The van der Waals surface area contributed by atoms with Gasteiger partial charge in [-0.2, -0.15) is 5.10 Å². The maximum Gasteiger partial charge on any atom is 0.276 e. The van der Waals surface area contributed by atoms with Crippen LogP contribution in [-0.2, 0) is 7.05 Å². The molecule has 0 saturated carbocycles. The third-order valence-electron chi connectivity index (χ3n) is 2.76. The number of amides is 1. The summed E-state index contributed by atoms with van der Waals surface area (Å²) in [7, 11) is 1.78. The van der Waals surface area contributed by atoms with Crippen molar-refractivity contribution in [2.75, 3.05) is 5.32 Å². The molecule has 0 fully saturated rings. The highest BCUT2D eigenvalue weighted by Gasteiger charge is 2.14. The number of nitrogens with zero attached hydrogens (tertiary/aromatic N) is 3. The zero-order valence-corrected chi connectivity index (χ0v) is 13.6. The first-order valence-corrected chi connectivity index (χ1v) is 8.13. The molecule has 3 aromatic rings. The van der Waals surface area contributed by atoms with Crippen LogP contribution in [0.25, 0.3) is 9.88 Å². The zero-order valence-electron chi connectivity index (χ0n) is 11.3. The van der Waals surface area contributed by atoms with E-state index in [1.165, 1.54) is 22.7 Å². The van der Waals surface area contributed by atoms with E-state index in [1.807, 2.05) is 25.1 Å². The number of carbonyl (C=O) groups excluding carboxylic acids is 1. The van der Waals surface area contributed by atoms with Gasteiger partial charge in [0.2, 0.25) is 0 Å². The van der Waals surface area contributed by atoms with Crippen molar-refractivity contribution >= 4 is 46.0 Å². The van der Waals surface area contributed by atoms with Gasteiger partial charge >= 0.3 is 0 Å². The summed E-state index contributed by atoms with van der Waals surface area (Å²) < 4.78 is 2.33. The number of rotatable bonds is 3. The monoisotopic (exact) mass is 338 g/mol. The maximum atomic E-state index is 12.2. The molecular weight excluding hydrogens is 328 g/mol. The van der Waals surface area contributed by atoms with Gasteiger partial charge in [0.1, 0.15) is 16.5 Å². The van der Waals surface area contributed by atoms with E-state index in [0.717, 1.165) is 15.6 Å². The van der Waals surface area contributed by atoms with Gasteiger partial charge in [-0.25, -0.2) is 4.98 Å². The van der Waals surface area contributed by atoms with Crippen LogP contribution in [0.5, 0.6) is 0 Å². The summed E-state index contributed by atoms with van der Waals surface area (Å²) >= 11 is 8.78. The second kappa shape index (κ2) is 5.59. The van der Waals surface area contributed by atoms with E-state index in [4.69, 9.17) is 11.6 Å². The maximum absolute atomic E-state index is 12.2. The Morgan fingerprint density at radius 3 is 2.86 bits per heavy atom. The normalized spacial score (nSPS) is 10.8. The van der Waals surface area contributed by atoms with E-state index in [1.54, 1.807) is 17.1 Å². The van der Waals surface area contributed by atoms with Crippen LogP contribution in [0.2, 0.25) is 4.34 Å². The molecule has 0 aliphatic rings. The molecule has 3 rings (SSSR count). The van der Waals surface area contributed by atoms with Gasteiger partial charge < -0.3 is 5.32 Å². The summed E-state index contributed by atoms with van der Waals surface area (Å²) in [5.41, 5.74) is 1.23. The minimum Gasteiger partial charge on any atom is -0.305 e. The Labute approximate surface area is 134 Å². The number of halogens is 1.